The van der Waals surface area contributed by atoms with Gasteiger partial charge in [-0.1, -0.05) is 60.7 Å². The minimum Gasteiger partial charge on any atom is -0.368 e. The smallest absolute Gasteiger partial charge is 0.159 e. The van der Waals surface area contributed by atoms with Gasteiger partial charge in [-0.3, -0.25) is 8.37 Å². The van der Waals surface area contributed by atoms with Crippen LogP contribution >= 0.6 is 12.3 Å². The van der Waals surface area contributed by atoms with Crippen molar-refractivity contribution in [1.82, 2.24) is 0 Å². The monoisotopic (exact) mass is 360 g/mol. The van der Waals surface area contributed by atoms with E-state index in [1.165, 1.54) is 0 Å². The molecule has 4 atom stereocenters. The van der Waals surface area contributed by atoms with Crippen LogP contribution in [-0.2, 0) is 31.1 Å². The Kier molecular flexibility index (Phi) is 6.90. The largest absolute Gasteiger partial charge is 0.368 e. The Morgan fingerprint density at radius 3 is 1.52 bits per heavy atom. The van der Waals surface area contributed by atoms with E-state index >= 15 is 0 Å². The minimum atomic E-state index is -0.214. The van der Waals surface area contributed by atoms with Gasteiger partial charge in [0, 0.05) is 0 Å². The van der Waals surface area contributed by atoms with E-state index in [1.807, 2.05) is 50.2 Å². The van der Waals surface area contributed by atoms with Gasteiger partial charge in [-0.15, -0.1) is 0 Å². The highest BCUT2D eigenvalue weighted by molar-refractivity contribution is 7.89. The summed E-state index contributed by atoms with van der Waals surface area (Å²) in [7, 11) is 0. The molecule has 5 heteroatoms. The molecule has 4 nitrogen and oxygen atoms in total. The van der Waals surface area contributed by atoms with Crippen LogP contribution in [0, 0.1) is 0 Å². The molecule has 2 aromatic carbocycles. The maximum atomic E-state index is 6.19. The molecule has 1 aliphatic heterocycles. The maximum absolute atomic E-state index is 6.19. The first-order valence-electron chi connectivity index (χ1n) is 8.54. The Morgan fingerprint density at radius 1 is 0.720 bits per heavy atom. The lowest BCUT2D eigenvalue weighted by Gasteiger charge is -2.30. The molecule has 1 aliphatic rings. The highest BCUT2D eigenvalue weighted by Gasteiger charge is 2.37. The van der Waals surface area contributed by atoms with Gasteiger partial charge in [0.1, 0.15) is 24.4 Å². The van der Waals surface area contributed by atoms with Crippen LogP contribution in [0.25, 0.3) is 0 Å². The summed E-state index contributed by atoms with van der Waals surface area (Å²) < 4.78 is 23.7. The lowest BCUT2D eigenvalue weighted by molar-refractivity contribution is -0.135. The third-order valence-electron chi connectivity index (χ3n) is 4.20. The molecule has 0 aliphatic carbocycles. The Labute approximate surface area is 153 Å². The predicted molar refractivity (Wildman–Crippen MR) is 98.7 cm³/mol. The minimum absolute atomic E-state index is 0.139. The second-order valence-corrected chi connectivity index (χ2v) is 6.71. The Hall–Kier alpha value is -1.37. The summed E-state index contributed by atoms with van der Waals surface area (Å²) in [6, 6.07) is 20.3. The summed E-state index contributed by atoms with van der Waals surface area (Å²) in [6.07, 6.45) is -0.707. The quantitative estimate of drug-likeness (QED) is 0.707. The van der Waals surface area contributed by atoms with Crippen LogP contribution in [0.4, 0.5) is 0 Å². The summed E-state index contributed by atoms with van der Waals surface area (Å²) >= 11 is 1.02. The van der Waals surface area contributed by atoms with E-state index in [4.69, 9.17) is 17.8 Å². The van der Waals surface area contributed by atoms with Crippen LogP contribution in [0.15, 0.2) is 60.7 Å². The summed E-state index contributed by atoms with van der Waals surface area (Å²) in [6.45, 7) is 5.01. The van der Waals surface area contributed by atoms with Crippen molar-refractivity contribution in [1.29, 1.82) is 0 Å². The first-order valence-corrected chi connectivity index (χ1v) is 9.20. The zero-order chi connectivity index (χ0) is 17.5. The Balaban J connectivity index is 1.67. The van der Waals surface area contributed by atoms with Crippen LogP contribution in [0.2, 0.25) is 0 Å². The van der Waals surface area contributed by atoms with Gasteiger partial charge < -0.3 is 9.47 Å². The fourth-order valence-electron chi connectivity index (χ4n) is 2.78. The highest BCUT2D eigenvalue weighted by atomic mass is 32.2. The van der Waals surface area contributed by atoms with Gasteiger partial charge in [-0.25, -0.2) is 0 Å². The SMILES string of the molecule is C[C@H]1OSO[C@H](C)[C@H](OCc2ccccc2)[C@H]1OCc1ccccc1. The average Bonchev–Trinajstić information content (AvgIpc) is 2.78. The van der Waals surface area contributed by atoms with Gasteiger partial charge in [0.25, 0.3) is 0 Å². The van der Waals surface area contributed by atoms with Crippen molar-refractivity contribution in [2.45, 2.75) is 51.5 Å². The van der Waals surface area contributed by atoms with Gasteiger partial charge in [0.05, 0.1) is 13.2 Å². The second kappa shape index (κ2) is 9.36. The first kappa shape index (κ1) is 18.4. The molecule has 1 saturated heterocycles. The van der Waals surface area contributed by atoms with Crippen LogP contribution in [0.5, 0.6) is 0 Å². The molecular formula is C20H24O4S. The molecule has 134 valence electrons. The van der Waals surface area contributed by atoms with Crippen LogP contribution in [0.1, 0.15) is 25.0 Å². The van der Waals surface area contributed by atoms with Gasteiger partial charge in [-0.2, -0.15) is 0 Å². The average molecular weight is 360 g/mol. The van der Waals surface area contributed by atoms with Gasteiger partial charge in [0.15, 0.2) is 12.3 Å². The Bertz CT molecular complexity index is 567. The van der Waals surface area contributed by atoms with E-state index in [-0.39, 0.29) is 24.4 Å². The molecular weight excluding hydrogens is 336 g/mol. The number of ether oxygens (including phenoxy) is 2. The molecule has 0 bridgehead atoms. The van der Waals surface area contributed by atoms with Crippen molar-refractivity contribution in [3.05, 3.63) is 71.8 Å². The zero-order valence-corrected chi connectivity index (χ0v) is 15.4. The van der Waals surface area contributed by atoms with Crippen LogP contribution in [0.3, 0.4) is 0 Å². The molecule has 0 aromatic heterocycles. The third kappa shape index (κ3) is 5.30. The summed E-state index contributed by atoms with van der Waals surface area (Å²) in [5.41, 5.74) is 2.25. The van der Waals surface area contributed by atoms with E-state index < -0.39 is 0 Å². The molecule has 25 heavy (non-hydrogen) atoms. The molecule has 3 rings (SSSR count). The van der Waals surface area contributed by atoms with Crippen molar-refractivity contribution in [3.8, 4) is 0 Å². The molecule has 0 spiro atoms. The first-order chi connectivity index (χ1) is 12.2. The molecule has 1 heterocycles. The predicted octanol–water partition coefficient (Wildman–Crippen LogP) is 4.54. The lowest BCUT2D eigenvalue weighted by atomic mass is 10.0. The van der Waals surface area contributed by atoms with Crippen LogP contribution < -0.4 is 0 Å². The second-order valence-electron chi connectivity index (χ2n) is 6.19. The maximum Gasteiger partial charge on any atom is 0.159 e. The normalized spacial score (nSPS) is 27.0. The summed E-state index contributed by atoms with van der Waals surface area (Å²) in [5.74, 6) is 0. The van der Waals surface area contributed by atoms with Gasteiger partial charge in [-0.05, 0) is 25.0 Å². The topological polar surface area (TPSA) is 36.9 Å². The van der Waals surface area contributed by atoms with E-state index in [9.17, 15) is 0 Å². The van der Waals surface area contributed by atoms with E-state index in [0.29, 0.717) is 13.2 Å². The van der Waals surface area contributed by atoms with E-state index in [1.54, 1.807) is 0 Å². The zero-order valence-electron chi connectivity index (χ0n) is 14.5. The third-order valence-corrected chi connectivity index (χ3v) is 4.97. The van der Waals surface area contributed by atoms with E-state index in [2.05, 4.69) is 24.3 Å². The fourth-order valence-corrected chi connectivity index (χ4v) is 3.30. The summed E-state index contributed by atoms with van der Waals surface area (Å²) in [4.78, 5) is 0. The van der Waals surface area contributed by atoms with Crippen LogP contribution in [-0.4, -0.2) is 24.4 Å². The van der Waals surface area contributed by atoms with Crippen molar-refractivity contribution in [2.75, 3.05) is 0 Å². The van der Waals surface area contributed by atoms with Crippen molar-refractivity contribution in [2.24, 2.45) is 0 Å². The molecule has 0 saturated carbocycles. The number of rotatable bonds is 6. The standard InChI is InChI=1S/C20H24O4S/c1-15-19(21-13-17-9-5-3-6-10-17)20(16(2)24-25-23-15)22-14-18-11-7-4-8-12-18/h3-12,15-16,19-20H,13-14H2,1-2H3/t15-,16-,19+,20+/m1/s1. The number of hydrogen-bond donors (Lipinski definition) is 0. The number of benzene rings is 2. The molecule has 0 radical (unpaired) electrons. The lowest BCUT2D eigenvalue weighted by Crippen LogP contribution is -2.44. The molecule has 1 fully saturated rings. The van der Waals surface area contributed by atoms with Gasteiger partial charge in [0.2, 0.25) is 0 Å². The Morgan fingerprint density at radius 2 is 1.12 bits per heavy atom. The fraction of sp³-hybridized carbons (Fsp3) is 0.400. The summed E-state index contributed by atoms with van der Waals surface area (Å²) in [5, 5.41) is 0. The van der Waals surface area contributed by atoms with Crippen molar-refractivity contribution < 1.29 is 17.8 Å². The highest BCUT2D eigenvalue weighted by Crippen LogP contribution is 2.29. The van der Waals surface area contributed by atoms with E-state index in [0.717, 1.165) is 23.5 Å². The van der Waals surface area contributed by atoms with Crippen molar-refractivity contribution in [3.63, 3.8) is 0 Å². The molecule has 2 aromatic rings. The van der Waals surface area contributed by atoms with Gasteiger partial charge >= 0.3 is 0 Å². The molecule has 0 unspecified atom stereocenters. The van der Waals surface area contributed by atoms with Crippen molar-refractivity contribution >= 4 is 12.3 Å². The molecule has 0 amide bonds. The molecule has 0 N–H and O–H groups in total. The number of hydrogen-bond acceptors (Lipinski definition) is 5.